The van der Waals surface area contributed by atoms with E-state index in [1.165, 1.54) is 19.1 Å². The number of ether oxygens (including phenoxy) is 2. The van der Waals surface area contributed by atoms with Gasteiger partial charge in [-0.2, -0.15) is 13.2 Å². The number of carbonyl (C=O) groups is 2. The van der Waals surface area contributed by atoms with Crippen LogP contribution in [0.1, 0.15) is 54.6 Å². The summed E-state index contributed by atoms with van der Waals surface area (Å²) >= 11 is 0. The standard InChI is InChI=1S/C27H27F6N3O5/c1-14-19(23(37)35-18-9-11-36(13-26(18,29)30)24(38)41-25(2,3)4)20-16(40-14)7-8-17(21(20)28)39-12-15-6-5-10-34-22(15)27(31,32)33/h5-8,10,18H,9,11-13H2,1-4H3,(H,35,37). The monoisotopic (exact) mass is 587 g/mol. The second-order valence-electron chi connectivity index (χ2n) is 10.6. The molecule has 0 bridgehead atoms. The molecular formula is C27H27F6N3O5. The summed E-state index contributed by atoms with van der Waals surface area (Å²) in [6.45, 7) is 4.32. The van der Waals surface area contributed by atoms with E-state index >= 15 is 4.39 Å². The van der Waals surface area contributed by atoms with Crippen LogP contribution in [0.15, 0.2) is 34.9 Å². The highest BCUT2D eigenvalue weighted by atomic mass is 19.4. The average Bonchev–Trinajstić information content (AvgIpc) is 3.20. The van der Waals surface area contributed by atoms with Gasteiger partial charge in [0, 0.05) is 18.3 Å². The normalized spacial score (nSPS) is 17.4. The van der Waals surface area contributed by atoms with Crippen LogP contribution in [-0.4, -0.2) is 52.5 Å². The van der Waals surface area contributed by atoms with Crippen LogP contribution < -0.4 is 10.1 Å². The van der Waals surface area contributed by atoms with Crippen molar-refractivity contribution in [2.45, 2.75) is 64.5 Å². The molecule has 1 saturated heterocycles. The lowest BCUT2D eigenvalue weighted by Gasteiger charge is -2.38. The van der Waals surface area contributed by atoms with E-state index in [0.29, 0.717) is 0 Å². The third kappa shape index (κ3) is 6.51. The summed E-state index contributed by atoms with van der Waals surface area (Å²) in [5.74, 6) is -6.27. The smallest absolute Gasteiger partial charge is 0.433 e. The minimum Gasteiger partial charge on any atom is -0.486 e. The Balaban J connectivity index is 1.54. The van der Waals surface area contributed by atoms with Crippen molar-refractivity contribution in [3.8, 4) is 5.75 Å². The first-order valence-electron chi connectivity index (χ1n) is 12.5. The molecule has 1 fully saturated rings. The number of likely N-dealkylation sites (tertiary alicyclic amines) is 1. The summed E-state index contributed by atoms with van der Waals surface area (Å²) in [6, 6.07) is 3.07. The average molecular weight is 588 g/mol. The van der Waals surface area contributed by atoms with Crippen LogP contribution in [0.4, 0.5) is 31.1 Å². The molecule has 1 aromatic carbocycles. The van der Waals surface area contributed by atoms with E-state index < -0.39 is 66.2 Å². The summed E-state index contributed by atoms with van der Waals surface area (Å²) in [7, 11) is 0. The lowest BCUT2D eigenvalue weighted by molar-refractivity contribution is -0.142. The number of furan rings is 1. The molecule has 222 valence electrons. The molecule has 1 atom stereocenters. The third-order valence-corrected chi connectivity index (χ3v) is 6.26. The van der Waals surface area contributed by atoms with Crippen LogP contribution in [-0.2, 0) is 17.5 Å². The van der Waals surface area contributed by atoms with Gasteiger partial charge in [-0.15, -0.1) is 0 Å². The Morgan fingerprint density at radius 2 is 1.90 bits per heavy atom. The van der Waals surface area contributed by atoms with Gasteiger partial charge in [0.25, 0.3) is 11.8 Å². The molecule has 0 spiro atoms. The molecule has 14 heteroatoms. The van der Waals surface area contributed by atoms with Gasteiger partial charge < -0.3 is 24.1 Å². The van der Waals surface area contributed by atoms with E-state index in [1.807, 2.05) is 0 Å². The van der Waals surface area contributed by atoms with Gasteiger partial charge in [-0.25, -0.2) is 18.0 Å². The van der Waals surface area contributed by atoms with Crippen LogP contribution in [0.2, 0.25) is 0 Å². The number of alkyl halides is 5. The fraction of sp³-hybridized carbons (Fsp3) is 0.444. The van der Waals surface area contributed by atoms with E-state index in [-0.39, 0.29) is 40.8 Å². The summed E-state index contributed by atoms with van der Waals surface area (Å²) in [5.41, 5.74) is -2.89. The molecule has 0 aliphatic carbocycles. The lowest BCUT2D eigenvalue weighted by atomic mass is 10.00. The van der Waals surface area contributed by atoms with Crippen LogP contribution in [0.5, 0.6) is 5.75 Å². The highest BCUT2D eigenvalue weighted by Gasteiger charge is 2.48. The molecule has 1 aliphatic heterocycles. The number of aromatic nitrogens is 1. The number of carbonyl (C=O) groups excluding carboxylic acids is 2. The van der Waals surface area contributed by atoms with Crippen LogP contribution in [0, 0.1) is 12.7 Å². The highest BCUT2D eigenvalue weighted by molar-refractivity contribution is 6.08. The van der Waals surface area contributed by atoms with Gasteiger partial charge in [-0.1, -0.05) is 6.07 Å². The number of fused-ring (bicyclic) bond motifs is 1. The van der Waals surface area contributed by atoms with E-state index in [4.69, 9.17) is 13.9 Å². The largest absolute Gasteiger partial charge is 0.486 e. The number of hydrogen-bond donors (Lipinski definition) is 1. The maximum absolute atomic E-state index is 15.5. The van der Waals surface area contributed by atoms with Crippen molar-refractivity contribution in [3.63, 3.8) is 0 Å². The summed E-state index contributed by atoms with van der Waals surface area (Å²) in [5, 5.41) is 1.83. The number of pyridine rings is 1. The Hall–Kier alpha value is -3.97. The maximum atomic E-state index is 15.5. The Bertz CT molecular complexity index is 1460. The van der Waals surface area contributed by atoms with Crippen molar-refractivity contribution in [1.29, 1.82) is 0 Å². The van der Waals surface area contributed by atoms with Crippen LogP contribution in [0.3, 0.4) is 0 Å². The predicted molar refractivity (Wildman–Crippen MR) is 133 cm³/mol. The van der Waals surface area contributed by atoms with Crippen molar-refractivity contribution >= 4 is 23.0 Å². The minimum absolute atomic E-state index is 0.0744. The quantitative estimate of drug-likeness (QED) is 0.355. The van der Waals surface area contributed by atoms with Gasteiger partial charge in [0.15, 0.2) is 17.3 Å². The van der Waals surface area contributed by atoms with Gasteiger partial charge in [0.1, 0.15) is 23.6 Å². The van der Waals surface area contributed by atoms with Crippen molar-refractivity contribution in [3.05, 3.63) is 58.9 Å². The van der Waals surface area contributed by atoms with E-state index in [9.17, 15) is 31.5 Å². The second-order valence-corrected chi connectivity index (χ2v) is 10.6. The maximum Gasteiger partial charge on any atom is 0.433 e. The zero-order chi connectivity index (χ0) is 30.3. The van der Waals surface area contributed by atoms with E-state index in [2.05, 4.69) is 10.3 Å². The first-order chi connectivity index (χ1) is 19.0. The van der Waals surface area contributed by atoms with Crippen molar-refractivity contribution in [2.24, 2.45) is 0 Å². The zero-order valence-electron chi connectivity index (χ0n) is 22.5. The number of nitrogens with one attached hydrogen (secondary N) is 1. The highest BCUT2D eigenvalue weighted by Crippen LogP contribution is 2.36. The number of piperidine rings is 1. The molecule has 0 saturated carbocycles. The van der Waals surface area contributed by atoms with Crippen LogP contribution in [0.25, 0.3) is 11.0 Å². The summed E-state index contributed by atoms with van der Waals surface area (Å²) < 4.78 is 101. The van der Waals surface area contributed by atoms with Crippen molar-refractivity contribution in [2.75, 3.05) is 13.1 Å². The van der Waals surface area contributed by atoms with Crippen molar-refractivity contribution in [1.82, 2.24) is 15.2 Å². The summed E-state index contributed by atoms with van der Waals surface area (Å²) in [6.07, 6.45) is -5.03. The molecule has 3 heterocycles. The Labute approximate surface area is 230 Å². The SMILES string of the molecule is Cc1oc2ccc(OCc3cccnc3C(F)(F)F)c(F)c2c1C(=O)NC1CCN(C(=O)OC(C)(C)C)CC1(F)F. The first-order valence-corrected chi connectivity index (χ1v) is 12.5. The third-order valence-electron chi connectivity index (χ3n) is 6.26. The first kappa shape index (κ1) is 30.0. The Kier molecular flexibility index (Phi) is 7.89. The van der Waals surface area contributed by atoms with Gasteiger partial charge >= 0.3 is 12.3 Å². The predicted octanol–water partition coefficient (Wildman–Crippen LogP) is 6.25. The number of benzene rings is 1. The number of halogens is 6. The molecule has 0 radical (unpaired) electrons. The van der Waals surface area contributed by atoms with Crippen LogP contribution >= 0.6 is 0 Å². The van der Waals surface area contributed by atoms with Crippen molar-refractivity contribution < 1.29 is 49.8 Å². The summed E-state index contributed by atoms with van der Waals surface area (Å²) in [4.78, 5) is 29.6. The molecule has 41 heavy (non-hydrogen) atoms. The van der Waals surface area contributed by atoms with E-state index in [0.717, 1.165) is 23.2 Å². The number of aryl methyl sites for hydroxylation is 1. The fourth-order valence-corrected chi connectivity index (χ4v) is 4.43. The minimum atomic E-state index is -4.76. The molecule has 1 aliphatic rings. The van der Waals surface area contributed by atoms with Gasteiger partial charge in [-0.3, -0.25) is 9.78 Å². The second kappa shape index (κ2) is 10.8. The molecule has 2 amide bonds. The number of nitrogens with zero attached hydrogens (tertiary/aromatic N) is 2. The van der Waals surface area contributed by atoms with Gasteiger partial charge in [0.2, 0.25) is 0 Å². The molecule has 1 unspecified atom stereocenters. The molecule has 8 nitrogen and oxygen atoms in total. The molecule has 4 rings (SSSR count). The zero-order valence-corrected chi connectivity index (χ0v) is 22.5. The Morgan fingerprint density at radius 1 is 1.20 bits per heavy atom. The van der Waals surface area contributed by atoms with E-state index in [1.54, 1.807) is 20.8 Å². The molecular weight excluding hydrogens is 560 g/mol. The number of hydrogen-bond acceptors (Lipinski definition) is 6. The number of rotatable bonds is 5. The molecule has 3 aromatic rings. The van der Waals surface area contributed by atoms with Gasteiger partial charge in [-0.05, 0) is 52.3 Å². The van der Waals surface area contributed by atoms with Gasteiger partial charge in [0.05, 0.1) is 23.5 Å². The molecule has 1 N–H and O–H groups in total. The Morgan fingerprint density at radius 3 is 2.54 bits per heavy atom. The molecule has 2 aromatic heterocycles. The fourth-order valence-electron chi connectivity index (χ4n) is 4.43. The number of amides is 2. The lowest BCUT2D eigenvalue weighted by Crippen LogP contribution is -2.59. The topological polar surface area (TPSA) is 93.9 Å².